The van der Waals surface area contributed by atoms with E-state index in [9.17, 15) is 0 Å². The van der Waals surface area contributed by atoms with Crippen LogP contribution in [0.4, 0.5) is 0 Å². The molecule has 9 rings (SSSR count). The first-order chi connectivity index (χ1) is 31.0. The number of hydrogen-bond donors (Lipinski definition) is 8. The van der Waals surface area contributed by atoms with E-state index in [1.807, 2.05) is 0 Å². The van der Waals surface area contributed by atoms with E-state index in [1.165, 1.54) is 100 Å². The molecule has 4 aliphatic carbocycles. The highest BCUT2D eigenvalue weighted by Gasteiger charge is 2.58. The summed E-state index contributed by atoms with van der Waals surface area (Å²) in [4.78, 5) is 9.51. The molecule has 0 aromatic carbocycles. The van der Waals surface area contributed by atoms with Crippen LogP contribution in [-0.2, 0) is 0 Å². The molecule has 4 saturated carbocycles. The lowest BCUT2D eigenvalue weighted by Crippen LogP contribution is -2.62. The Hall–Kier alpha value is 0.920. The van der Waals surface area contributed by atoms with Crippen molar-refractivity contribution < 1.29 is 0 Å². The van der Waals surface area contributed by atoms with Crippen LogP contribution in [0.3, 0.4) is 0 Å². The van der Waals surface area contributed by atoms with Crippen LogP contribution in [0.2, 0.25) is 0 Å². The maximum atomic E-state index is 4.51. The molecule has 0 aromatic heterocycles. The number of nitrogens with one attached hydrogen (secondary N) is 8. The molecule has 0 spiro atoms. The van der Waals surface area contributed by atoms with Gasteiger partial charge in [-0.3, -0.25) is 42.5 Å². The smallest absolute Gasteiger partial charge is 0.0639 e. The Bertz CT molecular complexity index is 1240. The first-order valence-electron chi connectivity index (χ1n) is 26.2. The number of nitrogens with zero attached hydrogens (tertiary/aromatic N) is 4. The van der Waals surface area contributed by atoms with Gasteiger partial charge in [0.05, 0.1) is 49.3 Å². The van der Waals surface area contributed by atoms with Crippen molar-refractivity contribution in [3.05, 3.63) is 0 Å². The summed E-state index contributed by atoms with van der Waals surface area (Å²) in [6.07, 6.45) is 18.5. The van der Waals surface area contributed by atoms with Crippen molar-refractivity contribution >= 4 is 47.0 Å². The van der Waals surface area contributed by atoms with Gasteiger partial charge in [-0.1, -0.05) is 25.7 Å². The van der Waals surface area contributed by atoms with E-state index in [1.54, 1.807) is 0 Å². The molecule has 8 N–H and O–H groups in total. The van der Waals surface area contributed by atoms with Crippen LogP contribution in [0, 0.1) is 47.3 Å². The molecule has 12 nitrogen and oxygen atoms in total. The van der Waals surface area contributed by atoms with Gasteiger partial charge in [0, 0.05) is 93.9 Å². The third-order valence-corrected chi connectivity index (χ3v) is 23.0. The molecule has 16 heteroatoms. The van der Waals surface area contributed by atoms with Crippen molar-refractivity contribution in [3.8, 4) is 0 Å². The lowest BCUT2D eigenvalue weighted by atomic mass is 9.76. The minimum Gasteiger partial charge on any atom is -0.309 e. The van der Waals surface area contributed by atoms with Gasteiger partial charge in [0.1, 0.15) is 0 Å². The minimum absolute atomic E-state index is 0.297. The summed E-state index contributed by atoms with van der Waals surface area (Å²) in [5, 5.41) is 38.5. The van der Waals surface area contributed by atoms with Gasteiger partial charge in [-0.2, -0.15) is 47.0 Å². The van der Waals surface area contributed by atoms with Gasteiger partial charge in [0.2, 0.25) is 0 Å². The van der Waals surface area contributed by atoms with Crippen LogP contribution < -0.4 is 42.5 Å². The van der Waals surface area contributed by atoms with Gasteiger partial charge >= 0.3 is 0 Å². The second-order valence-electron chi connectivity index (χ2n) is 22.7. The average Bonchev–Trinajstić information content (AvgIpc) is 4.00. The van der Waals surface area contributed by atoms with E-state index < -0.39 is 0 Å². The Labute approximate surface area is 407 Å². The van der Waals surface area contributed by atoms with E-state index in [2.05, 4.69) is 166 Å². The molecule has 12 unspecified atom stereocenters. The summed E-state index contributed by atoms with van der Waals surface area (Å²) < 4.78 is 0. The van der Waals surface area contributed by atoms with Crippen molar-refractivity contribution in [2.24, 2.45) is 47.3 Å². The standard InChI is InChI=1S/C48H92N12S4/c1-57(2)21-25-61-33-17-9-13-29-37(33)45-49-41(29)54-46-39-31(15-11-19-35(39)63-27-23-59(5)6)43(51-46)56-48-40-32(16-12-20-36(40)64-28-24-60(7)8)44(52-48)55-47-38-30(42(50-47)53-45)14-10-18-34(38)62-26-22-58(3)4/h29-56H,9-28H2,1-8H3. The third kappa shape index (κ3) is 11.5. The van der Waals surface area contributed by atoms with Crippen molar-refractivity contribution in [1.82, 2.24) is 62.1 Å². The summed E-state index contributed by atoms with van der Waals surface area (Å²) in [5.41, 5.74) is 0. The van der Waals surface area contributed by atoms with E-state index in [0.717, 1.165) is 26.2 Å². The Balaban J connectivity index is 1.06. The van der Waals surface area contributed by atoms with Gasteiger partial charge in [0.15, 0.2) is 0 Å². The Morgan fingerprint density at radius 2 is 0.500 bits per heavy atom. The van der Waals surface area contributed by atoms with Crippen LogP contribution >= 0.6 is 47.0 Å². The second kappa shape index (κ2) is 23.0. The van der Waals surface area contributed by atoms with Crippen LogP contribution in [0.15, 0.2) is 0 Å². The van der Waals surface area contributed by atoms with E-state index in [0.29, 0.717) is 118 Å². The van der Waals surface area contributed by atoms with E-state index in [4.69, 9.17) is 0 Å². The predicted octanol–water partition coefficient (Wildman–Crippen LogP) is 3.70. The molecule has 5 aliphatic heterocycles. The molecule has 9 aliphatic rings. The topological polar surface area (TPSA) is 109 Å². The highest BCUT2D eigenvalue weighted by Crippen LogP contribution is 2.50. The molecule has 0 radical (unpaired) electrons. The van der Waals surface area contributed by atoms with Crippen molar-refractivity contribution in [2.75, 3.05) is 106 Å². The normalized spacial score (nSPS) is 45.6. The fraction of sp³-hybridized carbons (Fsp3) is 1.00. The maximum absolute atomic E-state index is 4.51. The number of thioether (sulfide) groups is 4. The summed E-state index contributed by atoms with van der Waals surface area (Å²) in [6.45, 7) is 4.63. The summed E-state index contributed by atoms with van der Waals surface area (Å²) in [6, 6.07) is 0. The van der Waals surface area contributed by atoms with Gasteiger partial charge in [0.25, 0.3) is 0 Å². The van der Waals surface area contributed by atoms with Crippen LogP contribution in [-0.4, -0.2) is 195 Å². The number of hydrogen-bond acceptors (Lipinski definition) is 16. The Morgan fingerprint density at radius 1 is 0.297 bits per heavy atom. The lowest BCUT2D eigenvalue weighted by molar-refractivity contribution is 0.174. The molecular weight excluding hydrogens is 873 g/mol. The van der Waals surface area contributed by atoms with Gasteiger partial charge in [-0.25, -0.2) is 0 Å². The summed E-state index contributed by atoms with van der Waals surface area (Å²) >= 11 is 9.14. The number of fused-ring (bicyclic) bond motifs is 20. The average molecular weight is 966 g/mol. The van der Waals surface area contributed by atoms with Gasteiger partial charge in [-0.15, -0.1) is 0 Å². The van der Waals surface area contributed by atoms with Crippen LogP contribution in [0.5, 0.6) is 0 Å². The zero-order valence-electron chi connectivity index (χ0n) is 41.1. The summed E-state index contributed by atoms with van der Waals surface area (Å²) in [5.74, 6) is 9.83. The highest BCUT2D eigenvalue weighted by atomic mass is 32.2. The molecule has 64 heavy (non-hydrogen) atoms. The summed E-state index contributed by atoms with van der Waals surface area (Å²) in [7, 11) is 17.9. The fourth-order valence-corrected chi connectivity index (χ4v) is 21.2. The first-order valence-corrected chi connectivity index (χ1v) is 30.4. The van der Waals surface area contributed by atoms with Crippen LogP contribution in [0.1, 0.15) is 77.0 Å². The molecule has 0 aromatic rings. The van der Waals surface area contributed by atoms with E-state index >= 15 is 0 Å². The number of rotatable bonds is 16. The molecule has 368 valence electrons. The largest absolute Gasteiger partial charge is 0.309 e. The quantitative estimate of drug-likeness (QED) is 0.115. The SMILES string of the molecule is CN(C)CCSC1CCCC2C3NC(NC4NC(NC5NC(NC6NC(N3)C3C(SCCN(C)C)CCCC63)C3C(SCCN(C)C)CCCC53)C3C(SCCN(C)C)CCCC43)C12. The van der Waals surface area contributed by atoms with Crippen LogP contribution in [0.25, 0.3) is 0 Å². The first kappa shape index (κ1) is 49.9. The second-order valence-corrected chi connectivity index (χ2v) is 28.1. The zero-order chi connectivity index (χ0) is 44.5. The molecular formula is C48H92N12S4. The molecule has 5 heterocycles. The Morgan fingerprint density at radius 3 is 0.688 bits per heavy atom. The fourth-order valence-electron chi connectivity index (χ4n) is 14.4. The van der Waals surface area contributed by atoms with E-state index in [-0.39, 0.29) is 0 Å². The van der Waals surface area contributed by atoms with Crippen molar-refractivity contribution in [2.45, 2.75) is 147 Å². The van der Waals surface area contributed by atoms with Gasteiger partial charge in [-0.05, 0) is 131 Å². The molecule has 12 atom stereocenters. The Kier molecular flexibility index (Phi) is 17.9. The van der Waals surface area contributed by atoms with Crippen molar-refractivity contribution in [1.29, 1.82) is 0 Å². The molecule has 8 bridgehead atoms. The molecule has 9 fully saturated rings. The predicted molar refractivity (Wildman–Crippen MR) is 278 cm³/mol. The molecule has 0 amide bonds. The highest BCUT2D eigenvalue weighted by molar-refractivity contribution is 8.00. The van der Waals surface area contributed by atoms with Crippen molar-refractivity contribution in [3.63, 3.8) is 0 Å². The molecule has 5 saturated heterocycles. The minimum atomic E-state index is 0.297. The van der Waals surface area contributed by atoms with Gasteiger partial charge < -0.3 is 19.6 Å². The monoisotopic (exact) mass is 965 g/mol. The maximum Gasteiger partial charge on any atom is 0.0639 e. The zero-order valence-corrected chi connectivity index (χ0v) is 44.4. The third-order valence-electron chi connectivity index (χ3n) is 17.4. The lowest BCUT2D eigenvalue weighted by Gasteiger charge is -2.41.